The topological polar surface area (TPSA) is 29.1 Å². The van der Waals surface area contributed by atoms with Gasteiger partial charge in [0.2, 0.25) is 5.91 Å². The van der Waals surface area contributed by atoms with Gasteiger partial charge in [-0.1, -0.05) is 13.0 Å². The third-order valence-electron chi connectivity index (χ3n) is 1.43. The zero-order chi connectivity index (χ0) is 7.40. The zero-order valence-electron chi connectivity index (χ0n) is 6.26. The predicted molar refractivity (Wildman–Crippen MR) is 40.6 cm³/mol. The lowest BCUT2D eigenvalue weighted by molar-refractivity contribution is -0.116. The van der Waals surface area contributed by atoms with Crippen molar-refractivity contribution in [1.82, 2.24) is 5.32 Å². The molecule has 0 bridgehead atoms. The number of amides is 1. The lowest BCUT2D eigenvalue weighted by atomic mass is 10.4. The first-order valence-corrected chi connectivity index (χ1v) is 3.80. The maximum atomic E-state index is 10.9. The molecule has 1 saturated carbocycles. The van der Waals surface area contributed by atoms with Crippen molar-refractivity contribution in [1.29, 1.82) is 0 Å². The van der Waals surface area contributed by atoms with Crippen LogP contribution in [0.25, 0.3) is 0 Å². The molecule has 0 aromatic rings. The summed E-state index contributed by atoms with van der Waals surface area (Å²) in [6.45, 7) is 2.01. The minimum absolute atomic E-state index is 0.0596. The van der Waals surface area contributed by atoms with Crippen molar-refractivity contribution in [3.05, 3.63) is 12.2 Å². The van der Waals surface area contributed by atoms with Crippen molar-refractivity contribution < 1.29 is 4.79 Å². The van der Waals surface area contributed by atoms with Crippen molar-refractivity contribution in [3.63, 3.8) is 0 Å². The summed E-state index contributed by atoms with van der Waals surface area (Å²) in [7, 11) is 0. The van der Waals surface area contributed by atoms with Crippen LogP contribution in [0.4, 0.5) is 0 Å². The summed E-state index contributed by atoms with van der Waals surface area (Å²) in [5, 5.41) is 2.86. The van der Waals surface area contributed by atoms with E-state index in [9.17, 15) is 4.79 Å². The summed E-state index contributed by atoms with van der Waals surface area (Å²) < 4.78 is 0. The van der Waals surface area contributed by atoms with E-state index in [0.29, 0.717) is 6.04 Å². The van der Waals surface area contributed by atoms with Gasteiger partial charge in [0.05, 0.1) is 0 Å². The van der Waals surface area contributed by atoms with E-state index in [1.807, 2.05) is 13.0 Å². The molecule has 1 aliphatic rings. The first kappa shape index (κ1) is 7.32. The molecule has 1 amide bonds. The molecule has 0 saturated heterocycles. The Kier molecular flexibility index (Phi) is 2.49. The van der Waals surface area contributed by atoms with E-state index in [4.69, 9.17) is 0 Å². The van der Waals surface area contributed by atoms with Crippen LogP contribution in [-0.4, -0.2) is 11.9 Å². The maximum absolute atomic E-state index is 10.9. The molecular formula is C8H13NO. The molecule has 10 heavy (non-hydrogen) atoms. The van der Waals surface area contributed by atoms with E-state index in [0.717, 1.165) is 19.3 Å². The van der Waals surface area contributed by atoms with Crippen LogP contribution in [0.5, 0.6) is 0 Å². The van der Waals surface area contributed by atoms with Crippen LogP contribution in [-0.2, 0) is 4.79 Å². The van der Waals surface area contributed by atoms with Crippen molar-refractivity contribution >= 4 is 5.91 Å². The summed E-state index contributed by atoms with van der Waals surface area (Å²) >= 11 is 0. The standard InChI is InChI=1S/C8H13NO/c1-2-3-4-8(10)9-7-5-6-7/h3-4,7H,2,5-6H2,1H3,(H,9,10)/b4-3+. The fourth-order valence-corrected chi connectivity index (χ4v) is 0.702. The van der Waals surface area contributed by atoms with Crippen LogP contribution in [0, 0.1) is 0 Å². The lowest BCUT2D eigenvalue weighted by Crippen LogP contribution is -2.22. The molecule has 0 heterocycles. The number of carbonyl (C=O) groups excluding carboxylic acids is 1. The molecule has 0 spiro atoms. The molecule has 0 unspecified atom stereocenters. The Morgan fingerprint density at radius 1 is 1.70 bits per heavy atom. The molecule has 1 fully saturated rings. The number of rotatable bonds is 3. The molecule has 0 aromatic heterocycles. The number of hydrogen-bond donors (Lipinski definition) is 1. The van der Waals surface area contributed by atoms with E-state index < -0.39 is 0 Å². The van der Waals surface area contributed by atoms with Crippen LogP contribution in [0.2, 0.25) is 0 Å². The van der Waals surface area contributed by atoms with E-state index in [1.54, 1.807) is 6.08 Å². The Morgan fingerprint density at radius 2 is 2.40 bits per heavy atom. The quantitative estimate of drug-likeness (QED) is 0.585. The van der Waals surface area contributed by atoms with Gasteiger partial charge in [0, 0.05) is 6.04 Å². The number of hydrogen-bond acceptors (Lipinski definition) is 1. The highest BCUT2D eigenvalue weighted by atomic mass is 16.1. The van der Waals surface area contributed by atoms with E-state index in [-0.39, 0.29) is 5.91 Å². The molecule has 0 radical (unpaired) electrons. The van der Waals surface area contributed by atoms with E-state index in [1.165, 1.54) is 0 Å². The number of allylic oxidation sites excluding steroid dienone is 1. The van der Waals surface area contributed by atoms with Crippen molar-refractivity contribution in [3.8, 4) is 0 Å². The van der Waals surface area contributed by atoms with Crippen molar-refractivity contribution in [2.75, 3.05) is 0 Å². The van der Waals surface area contributed by atoms with E-state index >= 15 is 0 Å². The van der Waals surface area contributed by atoms with Crippen molar-refractivity contribution in [2.45, 2.75) is 32.2 Å². The average Bonchev–Trinajstić information content (AvgIpc) is 2.67. The highest BCUT2D eigenvalue weighted by Crippen LogP contribution is 2.18. The van der Waals surface area contributed by atoms with Crippen LogP contribution >= 0.6 is 0 Å². The minimum atomic E-state index is 0.0596. The van der Waals surface area contributed by atoms with Crippen LogP contribution < -0.4 is 5.32 Å². The lowest BCUT2D eigenvalue weighted by Gasteiger charge is -1.94. The SMILES string of the molecule is CC/C=C/C(=O)NC1CC1. The monoisotopic (exact) mass is 139 g/mol. The fourth-order valence-electron chi connectivity index (χ4n) is 0.702. The molecular weight excluding hydrogens is 126 g/mol. The Morgan fingerprint density at radius 3 is 2.90 bits per heavy atom. The van der Waals surface area contributed by atoms with Gasteiger partial charge in [-0.15, -0.1) is 0 Å². The predicted octanol–water partition coefficient (Wildman–Crippen LogP) is 1.23. The van der Waals surface area contributed by atoms with Gasteiger partial charge in [0.1, 0.15) is 0 Å². The summed E-state index contributed by atoms with van der Waals surface area (Å²) in [6, 6.07) is 0.481. The van der Waals surface area contributed by atoms with Gasteiger partial charge in [-0.05, 0) is 25.3 Å². The van der Waals surface area contributed by atoms with Gasteiger partial charge in [-0.25, -0.2) is 0 Å². The Labute approximate surface area is 61.3 Å². The van der Waals surface area contributed by atoms with Gasteiger partial charge in [0.25, 0.3) is 0 Å². The molecule has 0 atom stereocenters. The largest absolute Gasteiger partial charge is 0.350 e. The zero-order valence-corrected chi connectivity index (χ0v) is 6.26. The highest BCUT2D eigenvalue weighted by molar-refractivity contribution is 5.87. The summed E-state index contributed by atoms with van der Waals surface area (Å²) in [5.41, 5.74) is 0. The Bertz CT molecular complexity index is 147. The second-order valence-electron chi connectivity index (χ2n) is 2.59. The van der Waals surface area contributed by atoms with Gasteiger partial charge >= 0.3 is 0 Å². The fraction of sp³-hybridized carbons (Fsp3) is 0.625. The van der Waals surface area contributed by atoms with E-state index in [2.05, 4.69) is 5.32 Å². The van der Waals surface area contributed by atoms with Gasteiger partial charge < -0.3 is 5.32 Å². The number of carbonyl (C=O) groups is 1. The minimum Gasteiger partial charge on any atom is -0.350 e. The van der Waals surface area contributed by atoms with Crippen LogP contribution in [0.15, 0.2) is 12.2 Å². The van der Waals surface area contributed by atoms with Crippen LogP contribution in [0.3, 0.4) is 0 Å². The third kappa shape index (κ3) is 2.67. The molecule has 1 aliphatic carbocycles. The first-order chi connectivity index (χ1) is 4.83. The molecule has 2 heteroatoms. The molecule has 1 rings (SSSR count). The van der Waals surface area contributed by atoms with Gasteiger partial charge in [-0.2, -0.15) is 0 Å². The smallest absolute Gasteiger partial charge is 0.243 e. The maximum Gasteiger partial charge on any atom is 0.243 e. The molecule has 0 aliphatic heterocycles. The second-order valence-corrected chi connectivity index (χ2v) is 2.59. The summed E-state index contributed by atoms with van der Waals surface area (Å²) in [5.74, 6) is 0.0596. The molecule has 0 aromatic carbocycles. The Balaban J connectivity index is 2.13. The first-order valence-electron chi connectivity index (χ1n) is 3.80. The number of nitrogens with one attached hydrogen (secondary N) is 1. The molecule has 2 nitrogen and oxygen atoms in total. The summed E-state index contributed by atoms with van der Waals surface area (Å²) in [6.07, 6.45) is 6.73. The third-order valence-corrected chi connectivity index (χ3v) is 1.43. The average molecular weight is 139 g/mol. The van der Waals surface area contributed by atoms with Crippen molar-refractivity contribution in [2.24, 2.45) is 0 Å². The second kappa shape index (κ2) is 3.40. The highest BCUT2D eigenvalue weighted by Gasteiger charge is 2.21. The van der Waals surface area contributed by atoms with Gasteiger partial charge in [0.15, 0.2) is 0 Å². The van der Waals surface area contributed by atoms with Crippen LogP contribution in [0.1, 0.15) is 26.2 Å². The molecule has 1 N–H and O–H groups in total. The molecule has 56 valence electrons. The normalized spacial score (nSPS) is 17.7. The van der Waals surface area contributed by atoms with Gasteiger partial charge in [-0.3, -0.25) is 4.79 Å². The summed E-state index contributed by atoms with van der Waals surface area (Å²) in [4.78, 5) is 10.9. The Hall–Kier alpha value is -0.790.